The van der Waals surface area contributed by atoms with Crippen molar-refractivity contribution in [3.8, 4) is 39.8 Å². The maximum atomic E-state index is 5.50. The van der Waals surface area contributed by atoms with Crippen LogP contribution in [0.4, 0.5) is 11.6 Å². The Morgan fingerprint density at radius 3 is 1.25 bits per heavy atom. The van der Waals surface area contributed by atoms with Gasteiger partial charge in [-0.3, -0.25) is 9.97 Å². The van der Waals surface area contributed by atoms with Crippen LogP contribution in [-0.4, -0.2) is 42.8 Å². The molecule has 0 spiro atoms. The number of amidine groups is 1. The first-order valence-corrected chi connectivity index (χ1v) is 17.2. The van der Waals surface area contributed by atoms with Gasteiger partial charge in [-0.25, -0.2) is 0 Å². The first kappa shape index (κ1) is 33.9. The fraction of sp³-hybridized carbons (Fsp3) is 0.0667. The standard InChI is InChI=1S/C45H35N4O3.Zn/c1-50-31-22-16-28(17-23-31)40-34-10-4-7-13-37(34)43(46-40)49(44-38-14-8-5-11-35(38)41(47-44)29-18-24-32(51-2)25-19-29)45-39-15-9-6-12-36(39)42(48-45)30-20-26-33(52-3)27-21-30;/h4-27,46-47H,1-3H3;/q+1;. The van der Waals surface area contributed by atoms with Crippen LogP contribution in [0.25, 0.3) is 44.1 Å². The van der Waals surface area contributed by atoms with Gasteiger partial charge in [0.2, 0.25) is 17.5 Å². The fourth-order valence-electron chi connectivity index (χ4n) is 7.22. The monoisotopic (exact) mass is 743 g/mol. The molecule has 254 valence electrons. The summed E-state index contributed by atoms with van der Waals surface area (Å²) in [6, 6.07) is 49.9. The first-order chi connectivity index (χ1) is 25.6. The second-order valence-corrected chi connectivity index (χ2v) is 12.6. The number of fused-ring (bicyclic) bond motifs is 3. The predicted octanol–water partition coefficient (Wildman–Crippen LogP) is 10.1. The number of hydrogen-bond acceptors (Lipinski definition) is 3. The molecule has 0 radical (unpaired) electrons. The van der Waals surface area contributed by atoms with E-state index in [9.17, 15) is 0 Å². The molecule has 0 aliphatic carbocycles. The van der Waals surface area contributed by atoms with E-state index in [1.54, 1.807) is 21.3 Å². The average molecular weight is 745 g/mol. The molecule has 53 heavy (non-hydrogen) atoms. The summed E-state index contributed by atoms with van der Waals surface area (Å²) in [7, 11) is 5.06. The van der Waals surface area contributed by atoms with E-state index in [0.717, 1.165) is 101 Å². The molecule has 0 unspecified atom stereocenters. The van der Waals surface area contributed by atoms with Crippen LogP contribution in [0.2, 0.25) is 0 Å². The number of nitrogens with one attached hydrogen (secondary N) is 2. The molecule has 3 heterocycles. The molecule has 0 saturated heterocycles. The fourth-order valence-corrected chi connectivity index (χ4v) is 7.22. The molecule has 0 bridgehead atoms. The van der Waals surface area contributed by atoms with Gasteiger partial charge in [-0.15, -0.1) is 4.99 Å². The molecule has 0 saturated carbocycles. The average Bonchev–Trinajstić information content (AvgIpc) is 3.91. The Balaban J connectivity index is 0.00000400. The van der Waals surface area contributed by atoms with Gasteiger partial charge in [0, 0.05) is 52.5 Å². The minimum absolute atomic E-state index is 0. The molecule has 1 aliphatic rings. The number of rotatable bonds is 8. The molecule has 8 aromatic rings. The van der Waals surface area contributed by atoms with Gasteiger partial charge in [0.25, 0.3) is 0 Å². The summed E-state index contributed by atoms with van der Waals surface area (Å²) in [6.07, 6.45) is 0. The molecule has 9 rings (SSSR count). The predicted molar refractivity (Wildman–Crippen MR) is 211 cm³/mol. The van der Waals surface area contributed by atoms with Crippen molar-refractivity contribution in [1.29, 1.82) is 0 Å². The van der Waals surface area contributed by atoms with E-state index < -0.39 is 0 Å². The normalized spacial score (nSPS) is 12.0. The minimum atomic E-state index is 0. The Morgan fingerprint density at radius 2 is 0.811 bits per heavy atom. The molecule has 2 aromatic heterocycles. The number of H-pyrrole nitrogens is 2. The summed E-state index contributed by atoms with van der Waals surface area (Å²) >= 11 is 0. The van der Waals surface area contributed by atoms with Crippen molar-refractivity contribution in [2.75, 3.05) is 21.3 Å². The molecule has 6 aromatic carbocycles. The number of benzene rings is 6. The number of hydrogen-bond donors (Lipinski definition) is 2. The van der Waals surface area contributed by atoms with Gasteiger partial charge < -0.3 is 14.2 Å². The third-order valence-electron chi connectivity index (χ3n) is 9.81. The van der Waals surface area contributed by atoms with Crippen molar-refractivity contribution in [1.82, 2.24) is 14.5 Å². The van der Waals surface area contributed by atoms with Gasteiger partial charge in [-0.2, -0.15) is 4.58 Å². The molecule has 0 fully saturated rings. The Labute approximate surface area is 320 Å². The van der Waals surface area contributed by atoms with E-state index in [-0.39, 0.29) is 19.5 Å². The zero-order valence-corrected chi connectivity index (χ0v) is 32.6. The molecule has 7 nitrogen and oxygen atoms in total. The topological polar surface area (TPSA) is 74.6 Å². The summed E-state index contributed by atoms with van der Waals surface area (Å²) in [5.41, 5.74) is 8.12. The summed E-state index contributed by atoms with van der Waals surface area (Å²) in [4.78, 5) is 13.3. The van der Waals surface area contributed by atoms with Crippen molar-refractivity contribution in [3.05, 3.63) is 162 Å². The maximum Gasteiger partial charge on any atom is 0.246 e. The first-order valence-electron chi connectivity index (χ1n) is 17.2. The van der Waals surface area contributed by atoms with Crippen LogP contribution in [0.15, 0.2) is 151 Å². The molecule has 2 N–H and O–H groups in total. The van der Waals surface area contributed by atoms with Crippen molar-refractivity contribution in [2.45, 2.75) is 0 Å². The van der Waals surface area contributed by atoms with Crippen LogP contribution in [0, 0.1) is 0 Å². The largest absolute Gasteiger partial charge is 0.497 e. The molecule has 1 aliphatic heterocycles. The van der Waals surface area contributed by atoms with Crippen LogP contribution >= 0.6 is 0 Å². The summed E-state index contributed by atoms with van der Waals surface area (Å²) in [5.74, 6) is 5.03. The number of aromatic nitrogens is 2. The number of aliphatic imine (C=N–C) groups is 1. The molecule has 8 heteroatoms. The Kier molecular flexibility index (Phi) is 8.99. The zero-order valence-electron chi connectivity index (χ0n) is 29.7. The Bertz CT molecular complexity index is 2540. The molecule has 0 amide bonds. The Hall–Kier alpha value is -6.24. The SMILES string of the molecule is COc1ccc(C2=NC(=[N+](c3[nH]c(-c4ccc(OC)cc4)c4ccccc34)c3[nH]c(-c4ccc(OC)cc4)c4ccccc34)c3ccccc32)cc1.[Zn]. The minimum Gasteiger partial charge on any atom is -0.497 e. The second kappa shape index (κ2) is 14.1. The van der Waals surface area contributed by atoms with Crippen molar-refractivity contribution >= 4 is 44.7 Å². The third kappa shape index (κ3) is 5.82. The van der Waals surface area contributed by atoms with Crippen molar-refractivity contribution < 1.29 is 33.7 Å². The van der Waals surface area contributed by atoms with Crippen molar-refractivity contribution in [3.63, 3.8) is 0 Å². The summed E-state index contributed by atoms with van der Waals surface area (Å²) in [6.45, 7) is 0. The quantitative estimate of drug-likeness (QED) is 0.120. The third-order valence-corrected chi connectivity index (χ3v) is 9.81. The molecule has 0 atom stereocenters. The summed E-state index contributed by atoms with van der Waals surface area (Å²) < 4.78 is 18.7. The van der Waals surface area contributed by atoms with Gasteiger partial charge in [0.1, 0.15) is 23.0 Å². The van der Waals surface area contributed by atoms with E-state index in [4.69, 9.17) is 19.2 Å². The molecular weight excluding hydrogens is 710 g/mol. The molecular formula is C45H35N4O3Zn+. The van der Waals surface area contributed by atoms with Crippen LogP contribution < -0.4 is 18.8 Å². The van der Waals surface area contributed by atoms with E-state index in [0.29, 0.717) is 0 Å². The van der Waals surface area contributed by atoms with Gasteiger partial charge in [0.05, 0.1) is 49.1 Å². The van der Waals surface area contributed by atoms with Gasteiger partial charge in [0.15, 0.2) is 0 Å². The zero-order chi connectivity index (χ0) is 35.2. The smallest absolute Gasteiger partial charge is 0.246 e. The number of methoxy groups -OCH3 is 3. The van der Waals surface area contributed by atoms with Crippen LogP contribution in [0.5, 0.6) is 17.2 Å². The maximum absolute atomic E-state index is 5.50. The van der Waals surface area contributed by atoms with Crippen molar-refractivity contribution in [2.24, 2.45) is 4.99 Å². The second-order valence-electron chi connectivity index (χ2n) is 12.6. The summed E-state index contributed by atoms with van der Waals surface area (Å²) in [5, 5.41) is 4.34. The van der Waals surface area contributed by atoms with Crippen LogP contribution in [-0.2, 0) is 19.5 Å². The van der Waals surface area contributed by atoms with Crippen LogP contribution in [0.3, 0.4) is 0 Å². The van der Waals surface area contributed by atoms with Gasteiger partial charge in [-0.1, -0.05) is 54.6 Å². The van der Waals surface area contributed by atoms with E-state index in [1.165, 1.54) is 0 Å². The van der Waals surface area contributed by atoms with E-state index in [1.807, 2.05) is 36.4 Å². The number of nitrogens with zero attached hydrogens (tertiary/aromatic N) is 2. The van der Waals surface area contributed by atoms with Gasteiger partial charge >= 0.3 is 0 Å². The van der Waals surface area contributed by atoms with E-state index >= 15 is 0 Å². The number of ether oxygens (including phenoxy) is 3. The van der Waals surface area contributed by atoms with E-state index in [2.05, 4.69) is 124 Å². The Morgan fingerprint density at radius 1 is 0.434 bits per heavy atom. The van der Waals surface area contributed by atoms with Crippen LogP contribution in [0.1, 0.15) is 16.7 Å². The van der Waals surface area contributed by atoms with Gasteiger partial charge in [-0.05, 0) is 91.0 Å². The number of aromatic amines is 2.